The van der Waals surface area contributed by atoms with Crippen molar-refractivity contribution in [2.45, 2.75) is 26.8 Å². The molecule has 0 aliphatic carbocycles. The molecule has 1 aliphatic rings. The summed E-state index contributed by atoms with van der Waals surface area (Å²) in [6, 6.07) is 10.5. The summed E-state index contributed by atoms with van der Waals surface area (Å²) in [5.74, 6) is 0.0572. The van der Waals surface area contributed by atoms with Crippen LogP contribution < -0.4 is 4.90 Å². The van der Waals surface area contributed by atoms with Crippen LogP contribution in [-0.2, 0) is 13.0 Å². The number of pyridine rings is 1. The Labute approximate surface area is 137 Å². The average Bonchev–Trinajstić information content (AvgIpc) is 2.62. The van der Waals surface area contributed by atoms with E-state index in [2.05, 4.69) is 34.1 Å². The molecule has 4 nitrogen and oxygen atoms in total. The number of anilines is 1. The van der Waals surface area contributed by atoms with E-state index >= 15 is 0 Å². The van der Waals surface area contributed by atoms with Crippen LogP contribution in [-0.4, -0.2) is 35.4 Å². The highest BCUT2D eigenvalue weighted by molar-refractivity contribution is 5.94. The second kappa shape index (κ2) is 6.82. The van der Waals surface area contributed by atoms with E-state index in [0.717, 1.165) is 38.3 Å². The first-order valence-electron chi connectivity index (χ1n) is 8.29. The van der Waals surface area contributed by atoms with Crippen LogP contribution in [0, 0.1) is 0 Å². The summed E-state index contributed by atoms with van der Waals surface area (Å²) in [4.78, 5) is 20.9. The number of amides is 1. The Morgan fingerprint density at radius 1 is 1.17 bits per heavy atom. The largest absolute Gasteiger partial charge is 0.366 e. The number of hydrogen-bond acceptors (Lipinski definition) is 3. The van der Waals surface area contributed by atoms with Gasteiger partial charge in [0.05, 0.1) is 17.4 Å². The standard InChI is InChI=1S/C19H23N3O/c1-3-21(4-2)19(23)17-11-18(13-20-12-17)22-10-9-15-7-5-6-8-16(15)14-22/h5-8,11-13H,3-4,9-10,14H2,1-2H3. The third-order valence-corrected chi connectivity index (χ3v) is 4.52. The molecule has 0 N–H and O–H groups in total. The summed E-state index contributed by atoms with van der Waals surface area (Å²) >= 11 is 0. The van der Waals surface area contributed by atoms with Crippen molar-refractivity contribution in [1.82, 2.24) is 9.88 Å². The van der Waals surface area contributed by atoms with Crippen LogP contribution in [0.4, 0.5) is 5.69 Å². The van der Waals surface area contributed by atoms with Crippen LogP contribution in [0.25, 0.3) is 0 Å². The molecule has 0 fully saturated rings. The lowest BCUT2D eigenvalue weighted by molar-refractivity contribution is 0.0772. The van der Waals surface area contributed by atoms with Crippen LogP contribution >= 0.6 is 0 Å². The Kier molecular flexibility index (Phi) is 4.60. The second-order valence-corrected chi connectivity index (χ2v) is 5.85. The lowest BCUT2D eigenvalue weighted by Gasteiger charge is -2.30. The van der Waals surface area contributed by atoms with Crippen molar-refractivity contribution in [2.75, 3.05) is 24.5 Å². The minimum Gasteiger partial charge on any atom is -0.366 e. The van der Waals surface area contributed by atoms with Crippen molar-refractivity contribution in [3.05, 3.63) is 59.4 Å². The van der Waals surface area contributed by atoms with Crippen LogP contribution in [0.1, 0.15) is 35.3 Å². The molecule has 3 rings (SSSR count). The smallest absolute Gasteiger partial charge is 0.255 e. The predicted molar refractivity (Wildman–Crippen MR) is 92.7 cm³/mol. The molecule has 0 saturated carbocycles. The Hall–Kier alpha value is -2.36. The van der Waals surface area contributed by atoms with Gasteiger partial charge in [-0.05, 0) is 37.5 Å². The molecule has 1 amide bonds. The zero-order chi connectivity index (χ0) is 16.2. The molecule has 0 spiro atoms. The van der Waals surface area contributed by atoms with Crippen LogP contribution in [0.2, 0.25) is 0 Å². The number of rotatable bonds is 4. The minimum absolute atomic E-state index is 0.0572. The normalized spacial score (nSPS) is 13.6. The number of benzene rings is 1. The fourth-order valence-electron chi connectivity index (χ4n) is 3.13. The molecular formula is C19H23N3O. The van der Waals surface area contributed by atoms with Gasteiger partial charge in [-0.1, -0.05) is 24.3 Å². The van der Waals surface area contributed by atoms with Gasteiger partial charge in [-0.25, -0.2) is 0 Å². The van der Waals surface area contributed by atoms with E-state index in [1.54, 1.807) is 6.20 Å². The molecule has 0 saturated heterocycles. The van der Waals surface area contributed by atoms with E-state index in [-0.39, 0.29) is 5.91 Å². The molecule has 2 heterocycles. The van der Waals surface area contributed by atoms with Crippen LogP contribution in [0.15, 0.2) is 42.7 Å². The molecular weight excluding hydrogens is 286 g/mol. The van der Waals surface area contributed by atoms with E-state index < -0.39 is 0 Å². The van der Waals surface area contributed by atoms with Crippen molar-refractivity contribution in [3.8, 4) is 0 Å². The first-order valence-corrected chi connectivity index (χ1v) is 8.29. The Balaban J connectivity index is 1.82. The number of hydrogen-bond donors (Lipinski definition) is 0. The van der Waals surface area contributed by atoms with E-state index in [4.69, 9.17) is 0 Å². The van der Waals surface area contributed by atoms with E-state index in [1.807, 2.05) is 31.0 Å². The molecule has 120 valence electrons. The summed E-state index contributed by atoms with van der Waals surface area (Å²) in [6.07, 6.45) is 4.55. The zero-order valence-corrected chi connectivity index (χ0v) is 13.8. The van der Waals surface area contributed by atoms with Gasteiger partial charge >= 0.3 is 0 Å². The zero-order valence-electron chi connectivity index (χ0n) is 13.8. The fourth-order valence-corrected chi connectivity index (χ4v) is 3.13. The molecule has 23 heavy (non-hydrogen) atoms. The second-order valence-electron chi connectivity index (χ2n) is 5.85. The van der Waals surface area contributed by atoms with E-state index in [0.29, 0.717) is 5.56 Å². The number of aromatic nitrogens is 1. The predicted octanol–water partition coefficient (Wildman–Crippen LogP) is 3.13. The summed E-state index contributed by atoms with van der Waals surface area (Å²) in [5, 5.41) is 0. The third-order valence-electron chi connectivity index (χ3n) is 4.52. The highest BCUT2D eigenvalue weighted by atomic mass is 16.2. The molecule has 2 aromatic rings. The van der Waals surface area contributed by atoms with Gasteiger partial charge in [-0.15, -0.1) is 0 Å². The summed E-state index contributed by atoms with van der Waals surface area (Å²) in [7, 11) is 0. The van der Waals surface area contributed by atoms with Gasteiger partial charge in [-0.2, -0.15) is 0 Å². The summed E-state index contributed by atoms with van der Waals surface area (Å²) < 4.78 is 0. The van der Waals surface area contributed by atoms with Gasteiger partial charge in [0, 0.05) is 32.4 Å². The van der Waals surface area contributed by atoms with Gasteiger partial charge in [0.2, 0.25) is 0 Å². The SMILES string of the molecule is CCN(CC)C(=O)c1cncc(N2CCc3ccccc3C2)c1. The van der Waals surface area contributed by atoms with Crippen molar-refractivity contribution >= 4 is 11.6 Å². The van der Waals surface area contributed by atoms with Gasteiger partial charge in [0.1, 0.15) is 0 Å². The highest BCUT2D eigenvalue weighted by Crippen LogP contribution is 2.24. The summed E-state index contributed by atoms with van der Waals surface area (Å²) in [6.45, 7) is 7.27. The van der Waals surface area contributed by atoms with Gasteiger partial charge in [-0.3, -0.25) is 9.78 Å². The first kappa shape index (κ1) is 15.5. The maximum absolute atomic E-state index is 12.5. The fraction of sp³-hybridized carbons (Fsp3) is 0.368. The summed E-state index contributed by atoms with van der Waals surface area (Å²) in [5.41, 5.74) is 4.48. The maximum atomic E-state index is 12.5. The van der Waals surface area contributed by atoms with Gasteiger partial charge in [0.25, 0.3) is 5.91 Å². The number of nitrogens with zero attached hydrogens (tertiary/aromatic N) is 3. The highest BCUT2D eigenvalue weighted by Gasteiger charge is 2.19. The monoisotopic (exact) mass is 309 g/mol. The van der Waals surface area contributed by atoms with Crippen molar-refractivity contribution in [1.29, 1.82) is 0 Å². The number of fused-ring (bicyclic) bond motifs is 1. The van der Waals surface area contributed by atoms with Crippen LogP contribution in [0.5, 0.6) is 0 Å². The molecule has 0 bridgehead atoms. The number of carbonyl (C=O) groups excluding carboxylic acids is 1. The van der Waals surface area contributed by atoms with Gasteiger partial charge < -0.3 is 9.80 Å². The lowest BCUT2D eigenvalue weighted by atomic mass is 9.99. The topological polar surface area (TPSA) is 36.4 Å². The molecule has 0 radical (unpaired) electrons. The molecule has 0 unspecified atom stereocenters. The third kappa shape index (κ3) is 3.21. The van der Waals surface area contributed by atoms with E-state index in [1.165, 1.54) is 11.1 Å². The quantitative estimate of drug-likeness (QED) is 0.870. The van der Waals surface area contributed by atoms with Crippen LogP contribution in [0.3, 0.4) is 0 Å². The number of carbonyl (C=O) groups is 1. The Morgan fingerprint density at radius 2 is 1.91 bits per heavy atom. The molecule has 1 aromatic carbocycles. The minimum atomic E-state index is 0.0572. The Morgan fingerprint density at radius 3 is 2.65 bits per heavy atom. The molecule has 4 heteroatoms. The van der Waals surface area contributed by atoms with Crippen molar-refractivity contribution in [2.24, 2.45) is 0 Å². The van der Waals surface area contributed by atoms with Crippen molar-refractivity contribution < 1.29 is 4.79 Å². The lowest BCUT2D eigenvalue weighted by Crippen LogP contribution is -2.32. The van der Waals surface area contributed by atoms with Crippen molar-refractivity contribution in [3.63, 3.8) is 0 Å². The Bertz CT molecular complexity index is 695. The molecule has 0 atom stereocenters. The molecule has 1 aliphatic heterocycles. The first-order chi connectivity index (χ1) is 11.2. The van der Waals surface area contributed by atoms with Gasteiger partial charge in [0.15, 0.2) is 0 Å². The van der Waals surface area contributed by atoms with E-state index in [9.17, 15) is 4.79 Å². The maximum Gasteiger partial charge on any atom is 0.255 e. The molecule has 1 aromatic heterocycles. The average molecular weight is 309 g/mol.